The Bertz CT molecular complexity index is 686. The summed E-state index contributed by atoms with van der Waals surface area (Å²) in [4.78, 5) is 11.1. The highest BCUT2D eigenvalue weighted by Gasteiger charge is 2.21. The Morgan fingerprint density at radius 3 is 2.96 bits per heavy atom. The van der Waals surface area contributed by atoms with Crippen LogP contribution in [0.15, 0.2) is 23.7 Å². The predicted octanol–water partition coefficient (Wildman–Crippen LogP) is 3.01. The van der Waals surface area contributed by atoms with Crippen molar-refractivity contribution in [2.45, 2.75) is 26.3 Å². The molecule has 0 spiro atoms. The fraction of sp³-hybridized carbons (Fsp3) is 0.471. The Labute approximate surface area is 140 Å². The number of hydrogen-bond acceptors (Lipinski definition) is 6. The molecule has 2 aromatic heterocycles. The second-order valence-electron chi connectivity index (χ2n) is 5.86. The lowest BCUT2D eigenvalue weighted by Crippen LogP contribution is -2.35. The molecule has 0 atom stereocenters. The highest BCUT2D eigenvalue weighted by atomic mass is 32.1. The van der Waals surface area contributed by atoms with Crippen LogP contribution in [-0.2, 0) is 6.54 Å². The molecule has 6 heteroatoms. The third-order valence-electron chi connectivity index (χ3n) is 4.11. The van der Waals surface area contributed by atoms with Gasteiger partial charge in [-0.25, -0.2) is 9.97 Å². The normalized spacial score (nSPS) is 16.2. The smallest absolute Gasteiger partial charge is 0.231 e. The average molecular weight is 328 g/mol. The first-order valence-corrected chi connectivity index (χ1v) is 8.74. The van der Waals surface area contributed by atoms with Crippen molar-refractivity contribution < 1.29 is 4.74 Å². The van der Waals surface area contributed by atoms with Crippen LogP contribution < -0.4 is 4.74 Å². The van der Waals surface area contributed by atoms with Gasteiger partial charge in [0.15, 0.2) is 0 Å². The number of ether oxygens (including phenoxy) is 1. The summed E-state index contributed by atoms with van der Waals surface area (Å²) in [7, 11) is 0. The second-order valence-corrected chi connectivity index (χ2v) is 6.92. The average Bonchev–Trinajstić information content (AvgIpc) is 2.99. The SMILES string of the molecule is Cc1nc(CN2CCC(COc3ncccc3C#N)CC2)cs1. The molecular formula is C17H20N4OS. The van der Waals surface area contributed by atoms with Crippen molar-refractivity contribution in [3.8, 4) is 11.9 Å². The van der Waals surface area contributed by atoms with Gasteiger partial charge in [0.1, 0.15) is 11.6 Å². The first-order valence-electron chi connectivity index (χ1n) is 7.86. The van der Waals surface area contributed by atoms with Gasteiger partial charge < -0.3 is 4.74 Å². The molecule has 0 aromatic carbocycles. The van der Waals surface area contributed by atoms with Crippen LogP contribution in [0.1, 0.15) is 29.1 Å². The Hall–Kier alpha value is -1.97. The van der Waals surface area contributed by atoms with E-state index in [-0.39, 0.29) is 0 Å². The highest BCUT2D eigenvalue weighted by Crippen LogP contribution is 2.21. The van der Waals surface area contributed by atoms with E-state index in [0.717, 1.165) is 37.5 Å². The lowest BCUT2D eigenvalue weighted by molar-refractivity contribution is 0.133. The summed E-state index contributed by atoms with van der Waals surface area (Å²) in [5.41, 5.74) is 1.68. The molecule has 0 amide bonds. The third kappa shape index (κ3) is 4.27. The summed E-state index contributed by atoms with van der Waals surface area (Å²) in [5.74, 6) is 0.979. The minimum absolute atomic E-state index is 0.454. The molecule has 3 heterocycles. The fourth-order valence-electron chi connectivity index (χ4n) is 2.81. The number of likely N-dealkylation sites (tertiary alicyclic amines) is 1. The van der Waals surface area contributed by atoms with Crippen molar-refractivity contribution in [3.05, 3.63) is 40.0 Å². The van der Waals surface area contributed by atoms with Crippen LogP contribution in [0.3, 0.4) is 0 Å². The lowest BCUT2D eigenvalue weighted by Gasteiger charge is -2.31. The summed E-state index contributed by atoms with van der Waals surface area (Å²) in [6, 6.07) is 5.61. The van der Waals surface area contributed by atoms with Crippen LogP contribution in [0.4, 0.5) is 0 Å². The fourth-order valence-corrected chi connectivity index (χ4v) is 3.41. The second kappa shape index (κ2) is 7.53. The van der Waals surface area contributed by atoms with Crippen molar-refractivity contribution in [2.75, 3.05) is 19.7 Å². The van der Waals surface area contributed by atoms with Gasteiger partial charge in [-0.2, -0.15) is 5.26 Å². The van der Waals surface area contributed by atoms with Crippen molar-refractivity contribution in [3.63, 3.8) is 0 Å². The Balaban J connectivity index is 1.45. The lowest BCUT2D eigenvalue weighted by atomic mass is 9.98. The van der Waals surface area contributed by atoms with E-state index in [1.807, 2.05) is 6.92 Å². The summed E-state index contributed by atoms with van der Waals surface area (Å²) >= 11 is 1.71. The molecule has 1 saturated heterocycles. The van der Waals surface area contributed by atoms with Gasteiger partial charge in [-0.05, 0) is 50.9 Å². The van der Waals surface area contributed by atoms with Gasteiger partial charge in [0.25, 0.3) is 0 Å². The molecule has 23 heavy (non-hydrogen) atoms. The van der Waals surface area contributed by atoms with Crippen molar-refractivity contribution in [2.24, 2.45) is 5.92 Å². The van der Waals surface area contributed by atoms with E-state index >= 15 is 0 Å². The molecule has 3 rings (SSSR count). The topological polar surface area (TPSA) is 62.0 Å². The maximum absolute atomic E-state index is 9.05. The molecule has 1 fully saturated rings. The number of pyridine rings is 1. The van der Waals surface area contributed by atoms with E-state index in [2.05, 4.69) is 26.3 Å². The minimum atomic E-state index is 0.454. The molecule has 0 radical (unpaired) electrons. The molecule has 2 aromatic rings. The van der Waals surface area contributed by atoms with Crippen molar-refractivity contribution in [1.29, 1.82) is 5.26 Å². The molecule has 1 aliphatic rings. The first kappa shape index (κ1) is 15.9. The number of aryl methyl sites for hydroxylation is 1. The number of thiazole rings is 1. The van der Waals surface area contributed by atoms with E-state index < -0.39 is 0 Å². The summed E-state index contributed by atoms with van der Waals surface area (Å²) < 4.78 is 5.76. The van der Waals surface area contributed by atoms with Crippen LogP contribution in [-0.4, -0.2) is 34.6 Å². The van der Waals surface area contributed by atoms with Crippen LogP contribution in [0.25, 0.3) is 0 Å². The predicted molar refractivity (Wildman–Crippen MR) is 89.3 cm³/mol. The summed E-state index contributed by atoms with van der Waals surface area (Å²) in [6.45, 7) is 5.76. The Morgan fingerprint density at radius 2 is 2.26 bits per heavy atom. The molecular weight excluding hydrogens is 308 g/mol. The number of nitriles is 1. The van der Waals surface area contributed by atoms with Crippen molar-refractivity contribution in [1.82, 2.24) is 14.9 Å². The van der Waals surface area contributed by atoms with E-state index in [1.165, 1.54) is 5.69 Å². The number of piperidine rings is 1. The molecule has 1 aliphatic heterocycles. The van der Waals surface area contributed by atoms with E-state index in [1.54, 1.807) is 29.7 Å². The van der Waals surface area contributed by atoms with Crippen LogP contribution in [0, 0.1) is 24.2 Å². The van der Waals surface area contributed by atoms with E-state index in [4.69, 9.17) is 10.00 Å². The molecule has 0 N–H and O–H groups in total. The van der Waals surface area contributed by atoms with Crippen LogP contribution in [0.5, 0.6) is 5.88 Å². The summed E-state index contributed by atoms with van der Waals surface area (Å²) in [5, 5.41) is 12.3. The van der Waals surface area contributed by atoms with E-state index in [9.17, 15) is 0 Å². The third-order valence-corrected chi connectivity index (χ3v) is 4.93. The van der Waals surface area contributed by atoms with Gasteiger partial charge in [-0.15, -0.1) is 11.3 Å². The zero-order valence-electron chi connectivity index (χ0n) is 13.2. The number of hydrogen-bond donors (Lipinski definition) is 0. The number of rotatable bonds is 5. The quantitative estimate of drug-likeness (QED) is 0.844. The number of nitrogens with zero attached hydrogens (tertiary/aromatic N) is 4. The van der Waals surface area contributed by atoms with Gasteiger partial charge in [-0.1, -0.05) is 0 Å². The highest BCUT2D eigenvalue weighted by molar-refractivity contribution is 7.09. The van der Waals surface area contributed by atoms with Gasteiger partial charge in [0.05, 0.1) is 17.3 Å². The van der Waals surface area contributed by atoms with Gasteiger partial charge >= 0.3 is 0 Å². The van der Waals surface area contributed by atoms with Gasteiger partial charge in [0.2, 0.25) is 5.88 Å². The Kier molecular flexibility index (Phi) is 5.21. The molecule has 0 unspecified atom stereocenters. The van der Waals surface area contributed by atoms with Crippen LogP contribution >= 0.6 is 11.3 Å². The van der Waals surface area contributed by atoms with Gasteiger partial charge in [-0.3, -0.25) is 4.90 Å². The van der Waals surface area contributed by atoms with Crippen LogP contribution in [0.2, 0.25) is 0 Å². The standard InChI is InChI=1S/C17H20N4OS/c1-13-20-16(12-23-13)10-21-7-4-14(5-8-21)11-22-17-15(9-18)3-2-6-19-17/h2-3,6,12,14H,4-5,7-8,10-11H2,1H3. The minimum Gasteiger partial charge on any atom is -0.476 e. The molecule has 0 bridgehead atoms. The zero-order chi connectivity index (χ0) is 16.1. The molecule has 120 valence electrons. The zero-order valence-corrected chi connectivity index (χ0v) is 14.1. The molecule has 5 nitrogen and oxygen atoms in total. The summed E-state index contributed by atoms with van der Waals surface area (Å²) in [6.07, 6.45) is 3.88. The largest absolute Gasteiger partial charge is 0.476 e. The van der Waals surface area contributed by atoms with E-state index in [0.29, 0.717) is 24.0 Å². The maximum atomic E-state index is 9.05. The maximum Gasteiger partial charge on any atom is 0.231 e. The Morgan fingerprint density at radius 1 is 1.43 bits per heavy atom. The number of aromatic nitrogens is 2. The monoisotopic (exact) mass is 328 g/mol. The van der Waals surface area contributed by atoms with Gasteiger partial charge in [0, 0.05) is 18.1 Å². The van der Waals surface area contributed by atoms with Crippen molar-refractivity contribution >= 4 is 11.3 Å². The first-order chi connectivity index (χ1) is 11.2. The molecule has 0 aliphatic carbocycles. The molecule has 0 saturated carbocycles.